The van der Waals surface area contributed by atoms with Gasteiger partial charge in [-0.1, -0.05) is 42.5 Å². The van der Waals surface area contributed by atoms with Crippen LogP contribution in [0.4, 0.5) is 0 Å². The monoisotopic (exact) mass is 311 g/mol. The highest BCUT2D eigenvalue weighted by atomic mass is 32.1. The van der Waals surface area contributed by atoms with Gasteiger partial charge in [0.25, 0.3) is 0 Å². The molecule has 1 heterocycles. The van der Waals surface area contributed by atoms with E-state index in [9.17, 15) is 4.79 Å². The minimum Gasteiger partial charge on any atom is -0.478 e. The van der Waals surface area contributed by atoms with E-state index < -0.39 is 5.97 Å². The van der Waals surface area contributed by atoms with E-state index in [-0.39, 0.29) is 5.56 Å². The Bertz CT molecular complexity index is 851. The number of aromatic carboxylic acids is 1. The predicted molar refractivity (Wildman–Crippen MR) is 85.4 cm³/mol. The molecule has 0 amide bonds. The van der Waals surface area contributed by atoms with E-state index in [0.29, 0.717) is 11.3 Å². The Balaban J connectivity index is 1.94. The minimum atomic E-state index is -0.934. The highest BCUT2D eigenvalue weighted by Gasteiger charge is 2.09. The summed E-state index contributed by atoms with van der Waals surface area (Å²) in [6.45, 7) is 0.527. The molecular formula is C16H13N3O2S. The molecule has 0 bridgehead atoms. The second-order valence-corrected chi connectivity index (χ2v) is 5.19. The van der Waals surface area contributed by atoms with Gasteiger partial charge in [-0.2, -0.15) is 5.10 Å². The summed E-state index contributed by atoms with van der Waals surface area (Å²) in [6.07, 6.45) is 0. The molecule has 1 aromatic heterocycles. The number of hydrogen-bond donors (Lipinski definition) is 2. The second kappa shape index (κ2) is 5.95. The molecular weight excluding hydrogens is 298 g/mol. The van der Waals surface area contributed by atoms with Crippen molar-refractivity contribution in [3.8, 4) is 11.4 Å². The number of hydrogen-bond acceptors (Lipinski definition) is 3. The Morgan fingerprint density at radius 2 is 1.82 bits per heavy atom. The maximum absolute atomic E-state index is 10.9. The zero-order valence-corrected chi connectivity index (χ0v) is 12.4. The molecule has 0 spiro atoms. The molecule has 0 saturated heterocycles. The van der Waals surface area contributed by atoms with Gasteiger partial charge in [-0.3, -0.25) is 9.67 Å². The number of H-pyrrole nitrogens is 1. The Labute approximate surface area is 131 Å². The van der Waals surface area contributed by atoms with Crippen molar-refractivity contribution >= 4 is 18.2 Å². The summed E-state index contributed by atoms with van der Waals surface area (Å²) in [5.74, 6) is -0.177. The smallest absolute Gasteiger partial charge is 0.335 e. The molecule has 0 aliphatic rings. The number of nitrogens with zero attached hydrogens (tertiary/aromatic N) is 2. The molecule has 6 heteroatoms. The van der Waals surface area contributed by atoms with Crippen LogP contribution in [-0.4, -0.2) is 25.8 Å². The van der Waals surface area contributed by atoms with E-state index in [0.717, 1.165) is 17.0 Å². The van der Waals surface area contributed by atoms with Crippen LogP contribution < -0.4 is 0 Å². The van der Waals surface area contributed by atoms with Crippen molar-refractivity contribution in [3.05, 3.63) is 70.5 Å². The number of carboxylic acid groups (broad SMARTS) is 1. The van der Waals surface area contributed by atoms with E-state index in [1.807, 2.05) is 34.9 Å². The fourth-order valence-corrected chi connectivity index (χ4v) is 2.40. The maximum atomic E-state index is 10.9. The van der Waals surface area contributed by atoms with Crippen molar-refractivity contribution in [2.75, 3.05) is 0 Å². The first-order chi connectivity index (χ1) is 10.6. The molecule has 0 radical (unpaired) electrons. The van der Waals surface area contributed by atoms with Gasteiger partial charge in [-0.05, 0) is 29.9 Å². The molecule has 0 aliphatic heterocycles. The molecule has 3 rings (SSSR count). The van der Waals surface area contributed by atoms with Crippen LogP contribution >= 0.6 is 12.2 Å². The average molecular weight is 311 g/mol. The van der Waals surface area contributed by atoms with Gasteiger partial charge < -0.3 is 5.11 Å². The van der Waals surface area contributed by atoms with Crippen LogP contribution in [0.5, 0.6) is 0 Å². The third-order valence-corrected chi connectivity index (χ3v) is 3.64. The molecule has 3 aromatic rings. The van der Waals surface area contributed by atoms with Crippen LogP contribution in [0, 0.1) is 4.77 Å². The van der Waals surface area contributed by atoms with Gasteiger partial charge >= 0.3 is 5.97 Å². The molecule has 0 atom stereocenters. The maximum Gasteiger partial charge on any atom is 0.335 e. The van der Waals surface area contributed by atoms with Crippen molar-refractivity contribution in [2.24, 2.45) is 0 Å². The summed E-state index contributed by atoms with van der Waals surface area (Å²) in [5.41, 5.74) is 2.19. The lowest BCUT2D eigenvalue weighted by molar-refractivity contribution is 0.0697. The Morgan fingerprint density at radius 1 is 1.14 bits per heavy atom. The van der Waals surface area contributed by atoms with E-state index >= 15 is 0 Å². The van der Waals surface area contributed by atoms with E-state index in [2.05, 4.69) is 10.2 Å². The molecule has 0 aliphatic carbocycles. The van der Waals surface area contributed by atoms with Gasteiger partial charge in [0.1, 0.15) is 0 Å². The van der Waals surface area contributed by atoms with Crippen LogP contribution in [0.15, 0.2) is 54.6 Å². The SMILES string of the molecule is O=C(O)c1ccc(Cn2c(-c3ccccc3)n[nH]c2=S)cc1. The largest absolute Gasteiger partial charge is 0.478 e. The number of aromatic amines is 1. The predicted octanol–water partition coefficient (Wildman–Crippen LogP) is 3.35. The van der Waals surface area contributed by atoms with E-state index in [1.165, 1.54) is 0 Å². The standard InChI is InChI=1S/C16H13N3O2S/c20-15(21)13-8-6-11(7-9-13)10-19-14(17-18-16(19)22)12-4-2-1-3-5-12/h1-9H,10H2,(H,18,22)(H,20,21). The van der Waals surface area contributed by atoms with Crippen molar-refractivity contribution in [3.63, 3.8) is 0 Å². The fraction of sp³-hybridized carbons (Fsp3) is 0.0625. The Kier molecular flexibility index (Phi) is 3.84. The number of nitrogens with one attached hydrogen (secondary N) is 1. The van der Waals surface area contributed by atoms with Crippen LogP contribution in [0.3, 0.4) is 0 Å². The molecule has 2 N–H and O–H groups in total. The third kappa shape index (κ3) is 2.82. The van der Waals surface area contributed by atoms with Crippen molar-refractivity contribution in [2.45, 2.75) is 6.54 Å². The van der Waals surface area contributed by atoms with Crippen LogP contribution in [0.25, 0.3) is 11.4 Å². The molecule has 22 heavy (non-hydrogen) atoms. The first-order valence-corrected chi connectivity index (χ1v) is 7.09. The van der Waals surface area contributed by atoms with Crippen molar-refractivity contribution in [1.82, 2.24) is 14.8 Å². The number of aromatic nitrogens is 3. The third-order valence-electron chi connectivity index (χ3n) is 3.33. The van der Waals surface area contributed by atoms with Gasteiger partial charge in [-0.25, -0.2) is 4.79 Å². The molecule has 0 fully saturated rings. The quantitative estimate of drug-likeness (QED) is 0.725. The topological polar surface area (TPSA) is 70.9 Å². The second-order valence-electron chi connectivity index (χ2n) is 4.81. The van der Waals surface area contributed by atoms with Crippen LogP contribution in [0.2, 0.25) is 0 Å². The van der Waals surface area contributed by atoms with E-state index in [4.69, 9.17) is 17.3 Å². The van der Waals surface area contributed by atoms with Crippen LogP contribution in [0.1, 0.15) is 15.9 Å². The molecule has 2 aromatic carbocycles. The summed E-state index contributed by atoms with van der Waals surface area (Å²) in [5, 5.41) is 16.0. The zero-order chi connectivity index (χ0) is 15.5. The number of carboxylic acids is 1. The van der Waals surface area contributed by atoms with Gasteiger partial charge in [0.2, 0.25) is 0 Å². The Hall–Kier alpha value is -2.73. The van der Waals surface area contributed by atoms with Gasteiger partial charge in [0.15, 0.2) is 10.6 Å². The number of carbonyl (C=O) groups is 1. The normalized spacial score (nSPS) is 10.5. The van der Waals surface area contributed by atoms with Gasteiger partial charge in [0.05, 0.1) is 12.1 Å². The van der Waals surface area contributed by atoms with E-state index in [1.54, 1.807) is 24.3 Å². The van der Waals surface area contributed by atoms with Gasteiger partial charge in [-0.15, -0.1) is 0 Å². The molecule has 0 saturated carbocycles. The number of benzene rings is 2. The van der Waals surface area contributed by atoms with Crippen molar-refractivity contribution < 1.29 is 9.90 Å². The summed E-state index contributed by atoms with van der Waals surface area (Å²) in [4.78, 5) is 10.9. The first-order valence-electron chi connectivity index (χ1n) is 6.68. The highest BCUT2D eigenvalue weighted by Crippen LogP contribution is 2.18. The van der Waals surface area contributed by atoms with Crippen molar-refractivity contribution in [1.29, 1.82) is 0 Å². The highest BCUT2D eigenvalue weighted by molar-refractivity contribution is 7.71. The summed E-state index contributed by atoms with van der Waals surface area (Å²) in [7, 11) is 0. The lowest BCUT2D eigenvalue weighted by atomic mass is 10.1. The average Bonchev–Trinajstić information content (AvgIpc) is 2.90. The number of rotatable bonds is 4. The fourth-order valence-electron chi connectivity index (χ4n) is 2.21. The zero-order valence-electron chi connectivity index (χ0n) is 11.6. The molecule has 0 unspecified atom stereocenters. The summed E-state index contributed by atoms with van der Waals surface area (Å²) < 4.78 is 2.42. The minimum absolute atomic E-state index is 0.267. The first kappa shape index (κ1) is 14.2. The lowest BCUT2D eigenvalue weighted by Crippen LogP contribution is -2.03. The van der Waals surface area contributed by atoms with Crippen LogP contribution in [-0.2, 0) is 6.54 Å². The summed E-state index contributed by atoms with van der Waals surface area (Å²) in [6, 6.07) is 16.5. The molecule has 5 nitrogen and oxygen atoms in total. The summed E-state index contributed by atoms with van der Waals surface area (Å²) >= 11 is 5.29. The van der Waals surface area contributed by atoms with Gasteiger partial charge in [0, 0.05) is 5.56 Å². The molecule has 110 valence electrons. The Morgan fingerprint density at radius 3 is 2.45 bits per heavy atom. The lowest BCUT2D eigenvalue weighted by Gasteiger charge is -2.07.